The van der Waals surface area contributed by atoms with Crippen LogP contribution < -0.4 is 20.5 Å². The van der Waals surface area contributed by atoms with E-state index in [2.05, 4.69) is 10.4 Å². The molecule has 0 bridgehead atoms. The van der Waals surface area contributed by atoms with Crippen molar-refractivity contribution < 1.29 is 29.0 Å². The highest BCUT2D eigenvalue weighted by molar-refractivity contribution is 6.08. The minimum absolute atomic E-state index is 0.0260. The molecule has 2 amide bonds. The van der Waals surface area contributed by atoms with Crippen LogP contribution in [0.2, 0.25) is 0 Å². The number of nitrogens with two attached hydrogens (primary N) is 1. The second-order valence-electron chi connectivity index (χ2n) is 10.1. The van der Waals surface area contributed by atoms with Crippen LogP contribution in [0.4, 0.5) is 0 Å². The predicted molar refractivity (Wildman–Crippen MR) is 154 cm³/mol. The lowest BCUT2D eigenvalue weighted by Crippen LogP contribution is -2.46. The molecule has 1 saturated carbocycles. The van der Waals surface area contributed by atoms with Gasteiger partial charge in [-0.25, -0.2) is 9.48 Å². The molecule has 10 nitrogen and oxygen atoms in total. The molecule has 0 radical (unpaired) electrons. The highest BCUT2D eigenvalue weighted by Gasteiger charge is 2.32. The third kappa shape index (κ3) is 5.32. The first-order valence-electron chi connectivity index (χ1n) is 13.5. The van der Waals surface area contributed by atoms with E-state index in [1.165, 1.54) is 14.2 Å². The quantitative estimate of drug-likeness (QED) is 0.274. The number of fused-ring (bicyclic) bond motifs is 1. The fraction of sp³-hybridized carbons (Fsp3) is 0.290. The molecule has 1 aliphatic rings. The molecule has 3 aromatic carbocycles. The van der Waals surface area contributed by atoms with Crippen molar-refractivity contribution in [2.24, 2.45) is 11.7 Å². The van der Waals surface area contributed by atoms with Gasteiger partial charge in [0.15, 0.2) is 5.69 Å². The average molecular weight is 557 g/mol. The van der Waals surface area contributed by atoms with Crippen molar-refractivity contribution >= 4 is 28.6 Å². The van der Waals surface area contributed by atoms with Gasteiger partial charge in [-0.1, -0.05) is 49.6 Å². The maximum atomic E-state index is 13.6. The highest BCUT2D eigenvalue weighted by Crippen LogP contribution is 2.40. The molecule has 0 spiro atoms. The molecule has 10 heteroatoms. The van der Waals surface area contributed by atoms with E-state index in [1.54, 1.807) is 47.1 Å². The van der Waals surface area contributed by atoms with Crippen molar-refractivity contribution in [1.29, 1.82) is 0 Å². The number of primary amides is 1. The highest BCUT2D eigenvalue weighted by atomic mass is 16.5. The molecule has 4 aromatic rings. The number of nitrogens with one attached hydrogen (secondary N) is 1. The molecule has 4 N–H and O–H groups in total. The topological polar surface area (TPSA) is 146 Å². The van der Waals surface area contributed by atoms with Crippen molar-refractivity contribution in [3.05, 3.63) is 71.9 Å². The van der Waals surface area contributed by atoms with Gasteiger partial charge in [0, 0.05) is 10.9 Å². The number of amides is 2. The Hall–Kier alpha value is -4.86. The monoisotopic (exact) mass is 556 g/mol. The van der Waals surface area contributed by atoms with Crippen molar-refractivity contribution in [3.8, 4) is 28.4 Å². The molecule has 0 saturated heterocycles. The molecule has 41 heavy (non-hydrogen) atoms. The number of methoxy groups -OCH3 is 2. The van der Waals surface area contributed by atoms with Crippen LogP contribution in [0.15, 0.2) is 60.7 Å². The number of ether oxygens (including phenoxy) is 2. The van der Waals surface area contributed by atoms with Crippen LogP contribution >= 0.6 is 0 Å². The van der Waals surface area contributed by atoms with E-state index in [4.69, 9.17) is 15.2 Å². The number of carbonyl (C=O) groups is 3. The normalized spacial score (nSPS) is 14.4. The van der Waals surface area contributed by atoms with Crippen molar-refractivity contribution in [2.45, 2.75) is 38.1 Å². The summed E-state index contributed by atoms with van der Waals surface area (Å²) in [6.07, 6.45) is 4.42. The number of aliphatic carboxylic acids is 1. The van der Waals surface area contributed by atoms with Gasteiger partial charge in [0.2, 0.25) is 5.91 Å². The average Bonchev–Trinajstić information content (AvgIpc) is 3.43. The lowest BCUT2D eigenvalue weighted by molar-refractivity contribution is -0.141. The minimum atomic E-state index is -1.07. The Bertz CT molecular complexity index is 1600. The van der Waals surface area contributed by atoms with Crippen molar-refractivity contribution in [1.82, 2.24) is 15.1 Å². The summed E-state index contributed by atoms with van der Waals surface area (Å²) in [6.45, 7) is 0. The number of benzene rings is 3. The summed E-state index contributed by atoms with van der Waals surface area (Å²) in [6, 6.07) is 16.5. The lowest BCUT2D eigenvalue weighted by Gasteiger charge is -2.27. The Morgan fingerprint density at radius 1 is 0.951 bits per heavy atom. The Kier molecular flexibility index (Phi) is 7.91. The number of aromatic nitrogens is 2. The molecular weight excluding hydrogens is 524 g/mol. The summed E-state index contributed by atoms with van der Waals surface area (Å²) in [7, 11) is 3.07. The molecule has 1 atom stereocenters. The Morgan fingerprint density at radius 3 is 2.22 bits per heavy atom. The summed E-state index contributed by atoms with van der Waals surface area (Å²) >= 11 is 0. The van der Waals surface area contributed by atoms with Crippen molar-refractivity contribution in [3.63, 3.8) is 0 Å². The molecule has 1 heterocycles. The number of rotatable bonds is 9. The molecule has 1 aromatic heterocycles. The summed E-state index contributed by atoms with van der Waals surface area (Å²) in [5.41, 5.74) is 7.63. The predicted octanol–water partition coefficient (Wildman–Crippen LogP) is 4.57. The first-order valence-corrected chi connectivity index (χ1v) is 13.5. The van der Waals surface area contributed by atoms with Gasteiger partial charge >= 0.3 is 5.97 Å². The number of hydrogen-bond donors (Lipinski definition) is 3. The fourth-order valence-corrected chi connectivity index (χ4v) is 5.70. The maximum absolute atomic E-state index is 13.6. The van der Waals surface area contributed by atoms with E-state index < -0.39 is 23.8 Å². The first kappa shape index (κ1) is 27.7. The molecule has 0 aliphatic heterocycles. The molecule has 212 valence electrons. The zero-order valence-corrected chi connectivity index (χ0v) is 22.9. The Morgan fingerprint density at radius 2 is 1.61 bits per heavy atom. The van der Waals surface area contributed by atoms with Crippen LogP contribution in [-0.2, 0) is 4.79 Å². The smallest absolute Gasteiger partial charge is 0.326 e. The molecule has 1 fully saturated rings. The van der Waals surface area contributed by atoms with Gasteiger partial charge in [-0.3, -0.25) is 9.59 Å². The van der Waals surface area contributed by atoms with E-state index in [9.17, 15) is 19.5 Å². The summed E-state index contributed by atoms with van der Waals surface area (Å²) in [5, 5.41) is 18.7. The standard InChI is InChI=1S/C31H32N4O6/c1-40-25-13-8-14-26(41-2)27(25)24-17-22(30(37)33-28(31(38)39)18-9-4-3-5-10-18)34-35(24)23-16-15-21(29(32)36)19-11-6-7-12-20(19)23/h6-8,11-18,28H,3-5,9-10H2,1-2H3,(H2,32,36)(H,33,37)(H,38,39). The number of carboxylic acid groups (broad SMARTS) is 1. The maximum Gasteiger partial charge on any atom is 0.326 e. The number of carbonyl (C=O) groups excluding carboxylic acids is 2. The molecular formula is C31H32N4O6. The Balaban J connectivity index is 1.69. The fourth-order valence-electron chi connectivity index (χ4n) is 5.70. The molecule has 5 rings (SSSR count). The lowest BCUT2D eigenvalue weighted by atomic mass is 9.84. The van der Waals surface area contributed by atoms with Gasteiger partial charge in [0.1, 0.15) is 17.5 Å². The van der Waals surface area contributed by atoms with Gasteiger partial charge in [-0.2, -0.15) is 5.10 Å². The second-order valence-corrected chi connectivity index (χ2v) is 10.1. The van der Waals surface area contributed by atoms with Gasteiger partial charge in [-0.05, 0) is 54.5 Å². The van der Waals surface area contributed by atoms with Crippen LogP contribution in [-0.4, -0.2) is 52.9 Å². The van der Waals surface area contributed by atoms with E-state index in [0.717, 1.165) is 32.1 Å². The van der Waals surface area contributed by atoms with Crippen LogP contribution in [0.25, 0.3) is 27.7 Å². The van der Waals surface area contributed by atoms with Crippen molar-refractivity contribution in [2.75, 3.05) is 14.2 Å². The minimum Gasteiger partial charge on any atom is -0.496 e. The van der Waals surface area contributed by atoms with E-state index in [1.807, 2.05) is 18.2 Å². The van der Waals surface area contributed by atoms with Gasteiger partial charge in [0.25, 0.3) is 5.91 Å². The second kappa shape index (κ2) is 11.7. The van der Waals surface area contributed by atoms with Crippen LogP contribution in [0.5, 0.6) is 11.5 Å². The molecule has 1 unspecified atom stereocenters. The SMILES string of the molecule is COc1cccc(OC)c1-c1cc(C(=O)NC(C(=O)O)C2CCCCC2)nn1-c1ccc(C(N)=O)c2ccccc12. The largest absolute Gasteiger partial charge is 0.496 e. The van der Waals surface area contributed by atoms with Gasteiger partial charge in [-0.15, -0.1) is 0 Å². The van der Waals surface area contributed by atoms with Gasteiger partial charge < -0.3 is 25.6 Å². The first-order chi connectivity index (χ1) is 19.8. The number of nitrogens with zero attached hydrogens (tertiary/aromatic N) is 2. The van der Waals surface area contributed by atoms with Crippen LogP contribution in [0.1, 0.15) is 53.0 Å². The van der Waals surface area contributed by atoms with Gasteiger partial charge in [0.05, 0.1) is 31.2 Å². The summed E-state index contributed by atoms with van der Waals surface area (Å²) in [4.78, 5) is 37.9. The summed E-state index contributed by atoms with van der Waals surface area (Å²) < 4.78 is 12.9. The number of carboxylic acids is 1. The zero-order valence-electron chi connectivity index (χ0n) is 22.9. The number of hydrogen-bond acceptors (Lipinski definition) is 6. The van der Waals surface area contributed by atoms with E-state index in [0.29, 0.717) is 44.8 Å². The zero-order chi connectivity index (χ0) is 29.1. The Labute approximate surface area is 237 Å². The molecule has 1 aliphatic carbocycles. The van der Waals surface area contributed by atoms with E-state index >= 15 is 0 Å². The van der Waals surface area contributed by atoms with Crippen LogP contribution in [0, 0.1) is 5.92 Å². The summed E-state index contributed by atoms with van der Waals surface area (Å²) in [5.74, 6) is -1.41. The van der Waals surface area contributed by atoms with E-state index in [-0.39, 0.29) is 11.6 Å². The third-order valence-electron chi connectivity index (χ3n) is 7.69. The van der Waals surface area contributed by atoms with Crippen LogP contribution in [0.3, 0.4) is 0 Å². The third-order valence-corrected chi connectivity index (χ3v) is 7.69.